The number of rotatable bonds is 4. The summed E-state index contributed by atoms with van der Waals surface area (Å²) in [6.07, 6.45) is 3.35. The fraction of sp³-hybridized carbons (Fsp3) is 0.188. The topological polar surface area (TPSA) is 69.0 Å². The fourth-order valence-electron chi connectivity index (χ4n) is 2.10. The van der Waals surface area contributed by atoms with Crippen molar-refractivity contribution in [2.24, 2.45) is 0 Å². The molecule has 1 aromatic carbocycles. The van der Waals surface area contributed by atoms with Gasteiger partial charge in [0.1, 0.15) is 6.04 Å². The second-order valence-corrected chi connectivity index (χ2v) is 4.83. The highest BCUT2D eigenvalue weighted by Gasteiger charge is 2.23. The number of nitrogens with zero attached hydrogens (tertiary/aromatic N) is 3. The Balaban J connectivity index is 2.22. The molecule has 106 valence electrons. The van der Waals surface area contributed by atoms with E-state index < -0.39 is 6.04 Å². The van der Waals surface area contributed by atoms with Crippen LogP contribution in [0.25, 0.3) is 0 Å². The highest BCUT2D eigenvalue weighted by molar-refractivity contribution is 5.95. The number of likely N-dealkylation sites (N-methyl/N-ethyl adjacent to an activating group) is 1. The molecule has 0 aliphatic rings. The van der Waals surface area contributed by atoms with Gasteiger partial charge >= 0.3 is 0 Å². The lowest BCUT2D eigenvalue weighted by Crippen LogP contribution is -2.32. The van der Waals surface area contributed by atoms with Crippen LogP contribution in [-0.2, 0) is 4.79 Å². The third-order valence-corrected chi connectivity index (χ3v) is 3.02. The molecule has 0 spiro atoms. The second-order valence-electron chi connectivity index (χ2n) is 4.83. The van der Waals surface area contributed by atoms with Gasteiger partial charge in [-0.05, 0) is 43.9 Å². The van der Waals surface area contributed by atoms with E-state index in [-0.39, 0.29) is 5.91 Å². The maximum absolute atomic E-state index is 12.5. The van der Waals surface area contributed by atoms with Gasteiger partial charge in [-0.15, -0.1) is 0 Å². The summed E-state index contributed by atoms with van der Waals surface area (Å²) in [5, 5.41) is 11.7. The Morgan fingerprint density at radius 2 is 2.14 bits per heavy atom. The van der Waals surface area contributed by atoms with Crippen LogP contribution in [0.3, 0.4) is 0 Å². The van der Waals surface area contributed by atoms with Crippen LogP contribution in [0.4, 0.5) is 5.69 Å². The average molecular weight is 280 g/mol. The second kappa shape index (κ2) is 6.64. The number of hydrogen-bond donors (Lipinski definition) is 1. The van der Waals surface area contributed by atoms with Crippen LogP contribution in [0, 0.1) is 11.3 Å². The van der Waals surface area contributed by atoms with Gasteiger partial charge in [-0.1, -0.05) is 12.1 Å². The highest BCUT2D eigenvalue weighted by Crippen LogP contribution is 2.20. The third-order valence-electron chi connectivity index (χ3n) is 3.02. The van der Waals surface area contributed by atoms with Crippen LogP contribution in [0.5, 0.6) is 0 Å². The van der Waals surface area contributed by atoms with Crippen molar-refractivity contribution in [3.8, 4) is 6.07 Å². The molecular weight excluding hydrogens is 264 g/mol. The molecule has 0 aliphatic carbocycles. The third kappa shape index (κ3) is 3.65. The summed E-state index contributed by atoms with van der Waals surface area (Å²) >= 11 is 0. The molecule has 0 bridgehead atoms. The van der Waals surface area contributed by atoms with Crippen LogP contribution in [0.15, 0.2) is 48.8 Å². The number of anilines is 1. The molecule has 21 heavy (non-hydrogen) atoms. The fourth-order valence-corrected chi connectivity index (χ4v) is 2.10. The van der Waals surface area contributed by atoms with Crippen molar-refractivity contribution < 1.29 is 4.79 Å². The largest absolute Gasteiger partial charge is 0.324 e. The lowest BCUT2D eigenvalue weighted by atomic mass is 10.1. The zero-order valence-corrected chi connectivity index (χ0v) is 11.9. The van der Waals surface area contributed by atoms with Gasteiger partial charge in [0.15, 0.2) is 0 Å². The summed E-state index contributed by atoms with van der Waals surface area (Å²) in [6, 6.07) is 12.1. The Morgan fingerprint density at radius 3 is 2.76 bits per heavy atom. The van der Waals surface area contributed by atoms with E-state index in [1.165, 1.54) is 0 Å². The van der Waals surface area contributed by atoms with Crippen LogP contribution in [0.1, 0.15) is 17.2 Å². The molecule has 1 amide bonds. The minimum absolute atomic E-state index is 0.164. The van der Waals surface area contributed by atoms with E-state index in [0.29, 0.717) is 11.3 Å². The molecular formula is C16H16N4O. The molecule has 1 aromatic heterocycles. The summed E-state index contributed by atoms with van der Waals surface area (Å²) in [5.74, 6) is -0.164. The van der Waals surface area contributed by atoms with Crippen molar-refractivity contribution >= 4 is 11.6 Å². The maximum atomic E-state index is 12.5. The number of hydrogen-bond acceptors (Lipinski definition) is 4. The highest BCUT2D eigenvalue weighted by atomic mass is 16.2. The number of aromatic nitrogens is 1. The normalized spacial score (nSPS) is 11.7. The van der Waals surface area contributed by atoms with Gasteiger partial charge < -0.3 is 5.32 Å². The molecule has 1 atom stereocenters. The molecule has 5 heteroatoms. The van der Waals surface area contributed by atoms with Gasteiger partial charge in [-0.3, -0.25) is 14.7 Å². The quantitative estimate of drug-likeness (QED) is 0.932. The maximum Gasteiger partial charge on any atom is 0.246 e. The molecule has 1 N–H and O–H groups in total. The number of amides is 1. The predicted molar refractivity (Wildman–Crippen MR) is 80.5 cm³/mol. The van der Waals surface area contributed by atoms with Gasteiger partial charge in [-0.25, -0.2) is 0 Å². The van der Waals surface area contributed by atoms with E-state index in [1.807, 2.05) is 25.1 Å². The zero-order valence-electron chi connectivity index (χ0n) is 11.9. The van der Waals surface area contributed by atoms with E-state index in [0.717, 1.165) is 5.56 Å². The number of carbonyl (C=O) groups excluding carboxylic acids is 1. The SMILES string of the molecule is CN(C)C(C(=O)Nc1cccc(C#N)c1)c1cccnc1. The minimum Gasteiger partial charge on any atom is -0.324 e. The summed E-state index contributed by atoms with van der Waals surface area (Å²) < 4.78 is 0. The van der Waals surface area contributed by atoms with Crippen molar-refractivity contribution in [3.05, 3.63) is 59.9 Å². The first kappa shape index (κ1) is 14.7. The molecule has 0 aliphatic heterocycles. The van der Waals surface area contributed by atoms with Crippen molar-refractivity contribution in [1.29, 1.82) is 5.26 Å². The minimum atomic E-state index is -0.440. The molecule has 5 nitrogen and oxygen atoms in total. The lowest BCUT2D eigenvalue weighted by Gasteiger charge is -2.23. The number of carbonyl (C=O) groups is 1. The molecule has 2 rings (SSSR count). The molecule has 0 saturated carbocycles. The Hall–Kier alpha value is -2.71. The Kier molecular flexibility index (Phi) is 4.64. The Morgan fingerprint density at radius 1 is 1.33 bits per heavy atom. The van der Waals surface area contributed by atoms with Gasteiger partial charge in [0.25, 0.3) is 0 Å². The van der Waals surface area contributed by atoms with E-state index in [9.17, 15) is 4.79 Å². The molecule has 0 saturated heterocycles. The molecule has 1 heterocycles. The van der Waals surface area contributed by atoms with Crippen molar-refractivity contribution in [1.82, 2.24) is 9.88 Å². The standard InChI is InChI=1S/C16H16N4O/c1-20(2)15(13-6-4-8-18-11-13)16(21)19-14-7-3-5-12(9-14)10-17/h3-9,11,15H,1-2H3,(H,19,21). The first-order valence-corrected chi connectivity index (χ1v) is 6.49. The number of nitriles is 1. The van der Waals surface area contributed by atoms with E-state index in [1.54, 1.807) is 42.7 Å². The summed E-state index contributed by atoms with van der Waals surface area (Å²) in [4.78, 5) is 18.4. The van der Waals surface area contributed by atoms with E-state index >= 15 is 0 Å². The monoisotopic (exact) mass is 280 g/mol. The summed E-state index contributed by atoms with van der Waals surface area (Å²) in [6.45, 7) is 0. The van der Waals surface area contributed by atoms with Crippen LogP contribution in [0.2, 0.25) is 0 Å². The molecule has 0 fully saturated rings. The number of nitrogens with one attached hydrogen (secondary N) is 1. The van der Waals surface area contributed by atoms with Crippen LogP contribution < -0.4 is 5.32 Å². The van der Waals surface area contributed by atoms with Crippen LogP contribution >= 0.6 is 0 Å². The summed E-state index contributed by atoms with van der Waals surface area (Å²) in [7, 11) is 3.67. The first-order valence-electron chi connectivity index (χ1n) is 6.49. The Bertz CT molecular complexity index is 661. The molecule has 1 unspecified atom stereocenters. The van der Waals surface area contributed by atoms with Crippen molar-refractivity contribution in [2.45, 2.75) is 6.04 Å². The predicted octanol–water partition coefficient (Wildman–Crippen LogP) is 2.19. The van der Waals surface area contributed by atoms with Gasteiger partial charge in [0.05, 0.1) is 11.6 Å². The van der Waals surface area contributed by atoms with Crippen molar-refractivity contribution in [3.63, 3.8) is 0 Å². The number of pyridine rings is 1. The summed E-state index contributed by atoms with van der Waals surface area (Å²) in [5.41, 5.74) is 1.93. The van der Waals surface area contributed by atoms with Crippen LogP contribution in [-0.4, -0.2) is 29.9 Å². The first-order chi connectivity index (χ1) is 10.1. The van der Waals surface area contributed by atoms with E-state index in [4.69, 9.17) is 5.26 Å². The number of benzene rings is 1. The Labute approximate surface area is 123 Å². The zero-order chi connectivity index (χ0) is 15.2. The smallest absolute Gasteiger partial charge is 0.246 e. The van der Waals surface area contributed by atoms with Gasteiger partial charge in [0, 0.05) is 18.1 Å². The van der Waals surface area contributed by atoms with Gasteiger partial charge in [-0.2, -0.15) is 5.26 Å². The van der Waals surface area contributed by atoms with E-state index in [2.05, 4.69) is 16.4 Å². The molecule has 0 radical (unpaired) electrons. The van der Waals surface area contributed by atoms with Crippen molar-refractivity contribution in [2.75, 3.05) is 19.4 Å². The lowest BCUT2D eigenvalue weighted by molar-refractivity contribution is -0.120. The van der Waals surface area contributed by atoms with Gasteiger partial charge in [0.2, 0.25) is 5.91 Å². The average Bonchev–Trinajstić information content (AvgIpc) is 2.48. The molecule has 2 aromatic rings.